The molecule has 2 nitrogen and oxygen atoms in total. The van der Waals surface area contributed by atoms with Crippen LogP contribution in [0.4, 0.5) is 0 Å². The van der Waals surface area contributed by atoms with E-state index < -0.39 is 0 Å². The monoisotopic (exact) mass is 208 g/mol. The number of nitrogens with two attached hydrogens (primary N) is 1. The van der Waals surface area contributed by atoms with Gasteiger partial charge in [-0.25, -0.2) is 0 Å². The van der Waals surface area contributed by atoms with Crippen LogP contribution in [-0.2, 0) is 0 Å². The van der Waals surface area contributed by atoms with Crippen molar-refractivity contribution < 1.29 is 0 Å². The second kappa shape index (κ2) is 4.45. The molecule has 0 aromatic heterocycles. The molecule has 1 atom stereocenters. The molecule has 0 saturated carbocycles. The molecule has 0 heterocycles. The predicted octanol–water partition coefficient (Wildman–Crippen LogP) is 2.87. The van der Waals surface area contributed by atoms with Crippen molar-refractivity contribution in [2.75, 3.05) is 0 Å². The van der Waals surface area contributed by atoms with Gasteiger partial charge in [-0.05, 0) is 29.7 Å². The number of nitrogens with zero attached hydrogens (tertiary/aromatic N) is 1. The van der Waals surface area contributed by atoms with Gasteiger partial charge < -0.3 is 5.73 Å². The summed E-state index contributed by atoms with van der Waals surface area (Å²) in [4.78, 5) is 0. The topological polar surface area (TPSA) is 49.8 Å². The molecule has 0 amide bonds. The molecule has 0 saturated heterocycles. The maximum absolute atomic E-state index is 8.89. The first-order chi connectivity index (χ1) is 6.56. The molecule has 1 aromatic rings. The zero-order valence-electron chi connectivity index (χ0n) is 8.29. The van der Waals surface area contributed by atoms with E-state index in [0.29, 0.717) is 16.5 Å². The van der Waals surface area contributed by atoms with Crippen LogP contribution in [0, 0.1) is 17.2 Å². The molecule has 0 spiro atoms. The van der Waals surface area contributed by atoms with Crippen LogP contribution in [-0.4, -0.2) is 0 Å². The van der Waals surface area contributed by atoms with Gasteiger partial charge >= 0.3 is 0 Å². The summed E-state index contributed by atoms with van der Waals surface area (Å²) < 4.78 is 0. The molecule has 74 valence electrons. The van der Waals surface area contributed by atoms with Gasteiger partial charge in [-0.15, -0.1) is 0 Å². The molecule has 0 bridgehead atoms. The number of benzene rings is 1. The van der Waals surface area contributed by atoms with Crippen LogP contribution in [0.1, 0.15) is 31.0 Å². The Hall–Kier alpha value is -1.04. The molecule has 0 aliphatic heterocycles. The maximum Gasteiger partial charge on any atom is 0.0995 e. The van der Waals surface area contributed by atoms with Crippen LogP contribution in [0.3, 0.4) is 0 Å². The van der Waals surface area contributed by atoms with E-state index in [0.717, 1.165) is 5.56 Å². The lowest BCUT2D eigenvalue weighted by molar-refractivity contribution is 0.513. The first-order valence-corrected chi connectivity index (χ1v) is 4.89. The van der Waals surface area contributed by atoms with Crippen molar-refractivity contribution in [1.29, 1.82) is 5.26 Å². The fourth-order valence-corrected chi connectivity index (χ4v) is 1.45. The van der Waals surface area contributed by atoms with Crippen LogP contribution < -0.4 is 5.73 Å². The number of rotatable bonds is 2. The van der Waals surface area contributed by atoms with Crippen molar-refractivity contribution in [3.63, 3.8) is 0 Å². The third-order valence-electron chi connectivity index (χ3n) is 2.21. The minimum absolute atomic E-state index is 0.136. The molecule has 0 radical (unpaired) electrons. The van der Waals surface area contributed by atoms with E-state index in [1.807, 2.05) is 13.8 Å². The molecular weight excluding hydrogens is 196 g/mol. The van der Waals surface area contributed by atoms with Gasteiger partial charge in [-0.3, -0.25) is 0 Å². The second-order valence-corrected chi connectivity index (χ2v) is 4.05. The molecule has 0 aliphatic carbocycles. The van der Waals surface area contributed by atoms with Crippen molar-refractivity contribution in [3.8, 4) is 6.07 Å². The first kappa shape index (κ1) is 11.0. The van der Waals surface area contributed by atoms with Crippen molar-refractivity contribution in [3.05, 3.63) is 34.3 Å². The molecule has 3 heteroatoms. The lowest BCUT2D eigenvalue weighted by Crippen LogP contribution is -2.17. The van der Waals surface area contributed by atoms with E-state index in [1.54, 1.807) is 18.2 Å². The minimum atomic E-state index is -0.136. The zero-order chi connectivity index (χ0) is 10.7. The van der Waals surface area contributed by atoms with E-state index >= 15 is 0 Å². The van der Waals surface area contributed by atoms with Gasteiger partial charge in [0.15, 0.2) is 0 Å². The average molecular weight is 209 g/mol. The quantitative estimate of drug-likeness (QED) is 0.813. The Bertz CT molecular complexity index is 366. The fraction of sp³-hybridized carbons (Fsp3) is 0.364. The van der Waals surface area contributed by atoms with Gasteiger partial charge in [0.1, 0.15) is 0 Å². The molecule has 1 aromatic carbocycles. The van der Waals surface area contributed by atoms with E-state index in [2.05, 4.69) is 6.07 Å². The second-order valence-electron chi connectivity index (χ2n) is 3.61. The number of hydrogen-bond donors (Lipinski definition) is 1. The summed E-state index contributed by atoms with van der Waals surface area (Å²) in [5, 5.41) is 9.51. The maximum atomic E-state index is 8.89. The van der Waals surface area contributed by atoms with Gasteiger partial charge in [0.05, 0.1) is 11.6 Å². The Morgan fingerprint density at radius 2 is 2.07 bits per heavy atom. The Morgan fingerprint density at radius 3 is 2.57 bits per heavy atom. The Labute approximate surface area is 89.3 Å². The predicted molar refractivity (Wildman–Crippen MR) is 57.9 cm³/mol. The number of halogens is 1. The average Bonchev–Trinajstić information content (AvgIpc) is 2.16. The SMILES string of the molecule is CC(C)[C@@H](N)c1cc(Cl)ccc1C#N. The van der Waals surface area contributed by atoms with Gasteiger partial charge in [-0.1, -0.05) is 25.4 Å². The standard InChI is InChI=1S/C11H13ClN2/c1-7(2)11(14)10-5-9(12)4-3-8(10)6-13/h3-5,7,11H,14H2,1-2H3/t11-/m1/s1. The third-order valence-corrected chi connectivity index (χ3v) is 2.45. The summed E-state index contributed by atoms with van der Waals surface area (Å²) in [5.74, 6) is 0.292. The van der Waals surface area contributed by atoms with E-state index in [-0.39, 0.29) is 6.04 Å². The van der Waals surface area contributed by atoms with Gasteiger partial charge in [0.2, 0.25) is 0 Å². The van der Waals surface area contributed by atoms with E-state index in [4.69, 9.17) is 22.6 Å². The van der Waals surface area contributed by atoms with E-state index in [1.165, 1.54) is 0 Å². The highest BCUT2D eigenvalue weighted by molar-refractivity contribution is 6.30. The van der Waals surface area contributed by atoms with Gasteiger partial charge in [0, 0.05) is 11.1 Å². The van der Waals surface area contributed by atoms with Gasteiger partial charge in [-0.2, -0.15) is 5.26 Å². The minimum Gasteiger partial charge on any atom is -0.324 e. The highest BCUT2D eigenvalue weighted by Crippen LogP contribution is 2.25. The lowest BCUT2D eigenvalue weighted by atomic mass is 9.93. The van der Waals surface area contributed by atoms with Crippen molar-refractivity contribution in [2.24, 2.45) is 11.7 Å². The summed E-state index contributed by atoms with van der Waals surface area (Å²) >= 11 is 5.86. The molecule has 1 rings (SSSR count). The van der Waals surface area contributed by atoms with Crippen molar-refractivity contribution >= 4 is 11.6 Å². The molecule has 2 N–H and O–H groups in total. The number of hydrogen-bond acceptors (Lipinski definition) is 2. The van der Waals surface area contributed by atoms with Crippen LogP contribution in [0.2, 0.25) is 5.02 Å². The summed E-state index contributed by atoms with van der Waals surface area (Å²) in [7, 11) is 0. The lowest BCUT2D eigenvalue weighted by Gasteiger charge is -2.17. The van der Waals surface area contributed by atoms with Crippen LogP contribution in [0.15, 0.2) is 18.2 Å². The smallest absolute Gasteiger partial charge is 0.0995 e. The number of nitriles is 1. The Kier molecular flexibility index (Phi) is 3.51. The van der Waals surface area contributed by atoms with E-state index in [9.17, 15) is 0 Å². The fourth-order valence-electron chi connectivity index (χ4n) is 1.27. The van der Waals surface area contributed by atoms with Crippen LogP contribution in [0.5, 0.6) is 0 Å². The molecule has 14 heavy (non-hydrogen) atoms. The summed E-state index contributed by atoms with van der Waals surface area (Å²) in [6.45, 7) is 4.04. The molecule has 0 fully saturated rings. The van der Waals surface area contributed by atoms with Crippen LogP contribution >= 0.6 is 11.6 Å². The molecule has 0 aliphatic rings. The summed E-state index contributed by atoms with van der Waals surface area (Å²) in [6, 6.07) is 7.17. The Morgan fingerprint density at radius 1 is 1.43 bits per heavy atom. The van der Waals surface area contributed by atoms with Crippen LogP contribution in [0.25, 0.3) is 0 Å². The summed E-state index contributed by atoms with van der Waals surface area (Å²) in [5.41, 5.74) is 7.41. The normalized spacial score (nSPS) is 12.6. The van der Waals surface area contributed by atoms with Gasteiger partial charge in [0.25, 0.3) is 0 Å². The third kappa shape index (κ3) is 2.25. The van der Waals surface area contributed by atoms with Crippen molar-refractivity contribution in [1.82, 2.24) is 0 Å². The largest absolute Gasteiger partial charge is 0.324 e. The zero-order valence-corrected chi connectivity index (χ0v) is 9.05. The highest BCUT2D eigenvalue weighted by atomic mass is 35.5. The van der Waals surface area contributed by atoms with Crippen molar-refractivity contribution in [2.45, 2.75) is 19.9 Å². The molecule has 0 unspecified atom stereocenters. The Balaban J connectivity index is 3.18. The molecular formula is C11H13ClN2. The summed E-state index contributed by atoms with van der Waals surface area (Å²) in [6.07, 6.45) is 0. The highest BCUT2D eigenvalue weighted by Gasteiger charge is 2.14. The first-order valence-electron chi connectivity index (χ1n) is 4.51.